The fourth-order valence-electron chi connectivity index (χ4n) is 4.40. The quantitative estimate of drug-likeness (QED) is 0.214. The van der Waals surface area contributed by atoms with Crippen molar-refractivity contribution in [1.29, 1.82) is 0 Å². The summed E-state index contributed by atoms with van der Waals surface area (Å²) in [6.07, 6.45) is 16.4. The lowest BCUT2D eigenvalue weighted by atomic mass is 9.59. The molecule has 0 aromatic heterocycles. The Hall–Kier alpha value is 0.465. The maximum absolute atomic E-state index is 6.46. The maximum Gasteiger partial charge on any atom is 0.461 e. The van der Waals surface area contributed by atoms with Crippen LogP contribution in [0.5, 0.6) is 0 Å². The second-order valence-corrected chi connectivity index (χ2v) is 10.1. The summed E-state index contributed by atoms with van der Waals surface area (Å²) in [5.41, 5.74) is -0.388. The van der Waals surface area contributed by atoms with Crippen molar-refractivity contribution in [3.05, 3.63) is 0 Å². The van der Waals surface area contributed by atoms with E-state index in [1.807, 2.05) is 0 Å². The van der Waals surface area contributed by atoms with Crippen LogP contribution in [0.1, 0.15) is 105 Å². The van der Waals surface area contributed by atoms with Gasteiger partial charge in [-0.1, -0.05) is 86.6 Å². The molecule has 1 saturated carbocycles. The van der Waals surface area contributed by atoms with Crippen molar-refractivity contribution in [2.24, 2.45) is 5.92 Å². The molecular formula is C21H40BBrO2. The largest absolute Gasteiger partial charge is 0.461 e. The van der Waals surface area contributed by atoms with Gasteiger partial charge >= 0.3 is 7.12 Å². The molecule has 0 aromatic carbocycles. The highest BCUT2D eigenvalue weighted by atomic mass is 79.9. The Kier molecular flexibility index (Phi) is 8.82. The molecule has 0 amide bonds. The van der Waals surface area contributed by atoms with E-state index in [1.165, 1.54) is 77.0 Å². The van der Waals surface area contributed by atoms with Crippen LogP contribution in [0.3, 0.4) is 0 Å². The van der Waals surface area contributed by atoms with Gasteiger partial charge in [-0.05, 0) is 45.9 Å². The Morgan fingerprint density at radius 3 is 1.92 bits per heavy atom. The van der Waals surface area contributed by atoms with Crippen molar-refractivity contribution in [1.82, 2.24) is 0 Å². The van der Waals surface area contributed by atoms with E-state index in [0.717, 1.165) is 11.2 Å². The van der Waals surface area contributed by atoms with Crippen LogP contribution >= 0.6 is 15.9 Å². The minimum absolute atomic E-state index is 0.00139. The monoisotopic (exact) mass is 414 g/mol. The number of unbranched alkanes of at least 4 members (excludes halogenated alkanes) is 5. The van der Waals surface area contributed by atoms with Gasteiger partial charge in [0.25, 0.3) is 0 Å². The van der Waals surface area contributed by atoms with Gasteiger partial charge in [0.2, 0.25) is 0 Å². The molecule has 0 spiro atoms. The van der Waals surface area contributed by atoms with Gasteiger partial charge in [-0.3, -0.25) is 0 Å². The van der Waals surface area contributed by atoms with Crippen LogP contribution in [0.25, 0.3) is 0 Å². The van der Waals surface area contributed by atoms with Crippen LogP contribution in [0.4, 0.5) is 0 Å². The summed E-state index contributed by atoms with van der Waals surface area (Å²) in [7, 11) is 0.00139. The summed E-state index contributed by atoms with van der Waals surface area (Å²) in [4.78, 5) is 0. The third-order valence-electron chi connectivity index (χ3n) is 6.80. The zero-order chi connectivity index (χ0) is 18.3. The Morgan fingerprint density at radius 1 is 0.840 bits per heavy atom. The molecule has 1 aliphatic carbocycles. The van der Waals surface area contributed by atoms with Gasteiger partial charge in [-0.25, -0.2) is 0 Å². The molecule has 4 heteroatoms. The summed E-state index contributed by atoms with van der Waals surface area (Å²) >= 11 is 3.52. The number of halogens is 1. The predicted octanol–water partition coefficient (Wildman–Crippen LogP) is 7.15. The third-order valence-corrected chi connectivity index (χ3v) is 7.36. The molecule has 1 unspecified atom stereocenters. The normalized spacial score (nSPS) is 24.6. The highest BCUT2D eigenvalue weighted by molar-refractivity contribution is 9.09. The summed E-state index contributed by atoms with van der Waals surface area (Å²) in [5, 5.41) is 1.15. The second kappa shape index (κ2) is 10.1. The molecule has 0 bridgehead atoms. The van der Waals surface area contributed by atoms with Gasteiger partial charge in [0, 0.05) is 5.33 Å². The van der Waals surface area contributed by atoms with Crippen molar-refractivity contribution >= 4 is 23.0 Å². The van der Waals surface area contributed by atoms with Gasteiger partial charge in [-0.2, -0.15) is 0 Å². The molecule has 146 valence electrons. The molecular weight excluding hydrogens is 375 g/mol. The van der Waals surface area contributed by atoms with Crippen LogP contribution < -0.4 is 0 Å². The highest BCUT2D eigenvalue weighted by Crippen LogP contribution is 2.46. The van der Waals surface area contributed by atoms with Crippen molar-refractivity contribution in [2.45, 2.75) is 122 Å². The highest BCUT2D eigenvalue weighted by Gasteiger charge is 2.54. The lowest BCUT2D eigenvalue weighted by molar-refractivity contribution is 0.00578. The van der Waals surface area contributed by atoms with Gasteiger partial charge in [0.1, 0.15) is 0 Å². The topological polar surface area (TPSA) is 18.5 Å². The van der Waals surface area contributed by atoms with E-state index in [1.54, 1.807) is 0 Å². The maximum atomic E-state index is 6.46. The Morgan fingerprint density at radius 2 is 1.36 bits per heavy atom. The number of hydrogen-bond acceptors (Lipinski definition) is 2. The van der Waals surface area contributed by atoms with Crippen molar-refractivity contribution in [3.63, 3.8) is 0 Å². The molecule has 1 heterocycles. The predicted molar refractivity (Wildman–Crippen MR) is 113 cm³/mol. The van der Waals surface area contributed by atoms with Gasteiger partial charge in [0.15, 0.2) is 0 Å². The fourth-order valence-corrected chi connectivity index (χ4v) is 4.80. The first-order chi connectivity index (χ1) is 11.9. The zero-order valence-corrected chi connectivity index (χ0v) is 18.7. The molecule has 0 N–H and O–H groups in total. The number of hydrogen-bond donors (Lipinski definition) is 0. The molecule has 2 rings (SSSR count). The van der Waals surface area contributed by atoms with E-state index < -0.39 is 0 Å². The van der Waals surface area contributed by atoms with Crippen LogP contribution in [0.2, 0.25) is 5.82 Å². The standard InChI is InChI=1S/C21H40BBrO2/c1-20(2)21(3,4)25-22(24-20)19(18-14-10-9-11-15-18)16-12-7-5-6-8-13-17-23/h18-19H,5-17H2,1-4H3. The molecule has 0 aromatic rings. The van der Waals surface area contributed by atoms with Crippen LogP contribution in [-0.4, -0.2) is 23.7 Å². The Balaban J connectivity index is 1.86. The minimum atomic E-state index is -0.194. The Bertz CT molecular complexity index is 364. The van der Waals surface area contributed by atoms with E-state index in [0.29, 0.717) is 5.82 Å². The average Bonchev–Trinajstić information content (AvgIpc) is 2.78. The lowest BCUT2D eigenvalue weighted by Crippen LogP contribution is -2.41. The molecule has 1 atom stereocenters. The van der Waals surface area contributed by atoms with Gasteiger partial charge in [-0.15, -0.1) is 0 Å². The zero-order valence-electron chi connectivity index (χ0n) is 17.1. The third kappa shape index (κ3) is 6.24. The minimum Gasteiger partial charge on any atom is -0.403 e. The molecule has 25 heavy (non-hydrogen) atoms. The molecule has 2 aliphatic rings. The van der Waals surface area contributed by atoms with Crippen LogP contribution in [0, 0.1) is 5.92 Å². The van der Waals surface area contributed by atoms with Crippen molar-refractivity contribution in [2.75, 3.05) is 5.33 Å². The summed E-state index contributed by atoms with van der Waals surface area (Å²) in [6, 6.07) is 0. The van der Waals surface area contributed by atoms with E-state index in [2.05, 4.69) is 43.6 Å². The Labute approximate surface area is 165 Å². The van der Waals surface area contributed by atoms with Crippen LogP contribution in [-0.2, 0) is 9.31 Å². The van der Waals surface area contributed by atoms with E-state index >= 15 is 0 Å². The van der Waals surface area contributed by atoms with Crippen LogP contribution in [0.15, 0.2) is 0 Å². The summed E-state index contributed by atoms with van der Waals surface area (Å²) in [5.74, 6) is 1.39. The van der Waals surface area contributed by atoms with Gasteiger partial charge in [0.05, 0.1) is 11.2 Å². The van der Waals surface area contributed by atoms with Gasteiger partial charge < -0.3 is 9.31 Å². The first-order valence-electron chi connectivity index (χ1n) is 10.8. The van der Waals surface area contributed by atoms with E-state index in [-0.39, 0.29) is 18.3 Å². The van der Waals surface area contributed by atoms with Crippen molar-refractivity contribution < 1.29 is 9.31 Å². The first-order valence-corrected chi connectivity index (χ1v) is 11.9. The smallest absolute Gasteiger partial charge is 0.403 e. The van der Waals surface area contributed by atoms with E-state index in [9.17, 15) is 0 Å². The second-order valence-electron chi connectivity index (χ2n) is 9.29. The molecule has 0 radical (unpaired) electrons. The molecule has 1 saturated heterocycles. The van der Waals surface area contributed by atoms with Crippen molar-refractivity contribution in [3.8, 4) is 0 Å². The number of alkyl halides is 1. The number of rotatable bonds is 10. The summed E-state index contributed by atoms with van der Waals surface area (Å²) in [6.45, 7) is 8.76. The molecule has 1 aliphatic heterocycles. The first kappa shape index (κ1) is 21.8. The SMILES string of the molecule is CC1(C)OB(C(CCCCCCCCBr)C2CCCCC2)OC1(C)C. The summed E-state index contributed by atoms with van der Waals surface area (Å²) < 4.78 is 12.9. The molecule has 2 fully saturated rings. The molecule has 2 nitrogen and oxygen atoms in total. The van der Waals surface area contributed by atoms with E-state index in [4.69, 9.17) is 9.31 Å². The average molecular weight is 415 g/mol. The lowest BCUT2D eigenvalue weighted by Gasteiger charge is -2.32. The fraction of sp³-hybridized carbons (Fsp3) is 1.00.